The van der Waals surface area contributed by atoms with E-state index in [9.17, 15) is 0 Å². The first-order chi connectivity index (χ1) is 11.9. The van der Waals surface area contributed by atoms with Gasteiger partial charge in [-0.05, 0) is 54.8 Å². The van der Waals surface area contributed by atoms with E-state index in [-0.39, 0.29) is 0 Å². The lowest BCUT2D eigenvalue weighted by Gasteiger charge is -2.22. The van der Waals surface area contributed by atoms with E-state index in [0.717, 1.165) is 13.0 Å². The Morgan fingerprint density at radius 2 is 1.38 bits per heavy atom. The minimum absolute atomic E-state index is 1.07. The zero-order chi connectivity index (χ0) is 16.2. The standard InChI is InChI=1S/C21H19NS2/c1-3-9-17(10-4-1)23-19-14-16-8-7-13-22-21(16)20(15-19)24-18-11-5-2-6-12-18/h1-6,9-12,14-15,22H,7-8,13H2. The molecule has 0 aliphatic carbocycles. The van der Waals surface area contributed by atoms with Crippen LogP contribution in [0.4, 0.5) is 5.69 Å². The third kappa shape index (κ3) is 3.63. The molecule has 120 valence electrons. The molecule has 3 aromatic rings. The summed E-state index contributed by atoms with van der Waals surface area (Å²) in [5.41, 5.74) is 2.77. The van der Waals surface area contributed by atoms with Crippen LogP contribution in [0, 0.1) is 0 Å². The maximum Gasteiger partial charge on any atom is 0.0515 e. The number of nitrogens with one attached hydrogen (secondary N) is 1. The molecule has 0 bridgehead atoms. The summed E-state index contributed by atoms with van der Waals surface area (Å²) >= 11 is 3.70. The normalized spacial score (nSPS) is 13.2. The van der Waals surface area contributed by atoms with Crippen LogP contribution in [0.1, 0.15) is 12.0 Å². The van der Waals surface area contributed by atoms with Crippen molar-refractivity contribution in [3.63, 3.8) is 0 Å². The van der Waals surface area contributed by atoms with Gasteiger partial charge in [0.05, 0.1) is 5.69 Å². The van der Waals surface area contributed by atoms with E-state index < -0.39 is 0 Å². The van der Waals surface area contributed by atoms with Gasteiger partial charge in [0.15, 0.2) is 0 Å². The van der Waals surface area contributed by atoms with Gasteiger partial charge in [0.2, 0.25) is 0 Å². The highest BCUT2D eigenvalue weighted by Crippen LogP contribution is 2.41. The lowest BCUT2D eigenvalue weighted by Crippen LogP contribution is -2.12. The van der Waals surface area contributed by atoms with Gasteiger partial charge >= 0.3 is 0 Å². The van der Waals surface area contributed by atoms with Crippen LogP contribution < -0.4 is 5.32 Å². The maximum absolute atomic E-state index is 3.61. The van der Waals surface area contributed by atoms with Crippen LogP contribution in [-0.2, 0) is 6.42 Å². The van der Waals surface area contributed by atoms with Crippen molar-refractivity contribution < 1.29 is 0 Å². The molecular formula is C21H19NS2. The van der Waals surface area contributed by atoms with Crippen molar-refractivity contribution in [3.05, 3.63) is 78.4 Å². The minimum Gasteiger partial charge on any atom is -0.384 e. The highest BCUT2D eigenvalue weighted by molar-refractivity contribution is 8.00. The Labute approximate surface area is 151 Å². The van der Waals surface area contributed by atoms with Crippen molar-refractivity contribution in [3.8, 4) is 0 Å². The summed E-state index contributed by atoms with van der Waals surface area (Å²) in [5, 5.41) is 3.61. The second kappa shape index (κ2) is 7.37. The average molecular weight is 350 g/mol. The monoisotopic (exact) mass is 349 g/mol. The fraction of sp³-hybridized carbons (Fsp3) is 0.143. The molecule has 24 heavy (non-hydrogen) atoms. The molecule has 1 nitrogen and oxygen atoms in total. The number of hydrogen-bond acceptors (Lipinski definition) is 3. The van der Waals surface area contributed by atoms with Gasteiger partial charge in [0.1, 0.15) is 0 Å². The molecule has 0 amide bonds. The molecule has 0 fully saturated rings. The molecule has 1 aliphatic heterocycles. The highest BCUT2D eigenvalue weighted by Gasteiger charge is 2.16. The Hall–Kier alpha value is -1.84. The first-order valence-corrected chi connectivity index (χ1v) is 9.88. The first kappa shape index (κ1) is 15.7. The molecule has 0 atom stereocenters. The quantitative estimate of drug-likeness (QED) is 0.589. The van der Waals surface area contributed by atoms with Crippen LogP contribution >= 0.6 is 23.5 Å². The van der Waals surface area contributed by atoms with E-state index in [2.05, 4.69) is 78.1 Å². The van der Waals surface area contributed by atoms with Gasteiger partial charge in [0.25, 0.3) is 0 Å². The molecule has 1 heterocycles. The second-order valence-electron chi connectivity index (χ2n) is 5.82. The lowest BCUT2D eigenvalue weighted by molar-refractivity contribution is 0.819. The van der Waals surface area contributed by atoms with Crippen LogP contribution in [-0.4, -0.2) is 6.54 Å². The highest BCUT2D eigenvalue weighted by atomic mass is 32.2. The zero-order valence-electron chi connectivity index (χ0n) is 13.4. The Bertz CT molecular complexity index is 816. The second-order valence-corrected chi connectivity index (χ2v) is 8.08. The van der Waals surface area contributed by atoms with E-state index in [1.54, 1.807) is 0 Å². The number of hydrogen-bond donors (Lipinski definition) is 1. The van der Waals surface area contributed by atoms with Crippen molar-refractivity contribution in [1.82, 2.24) is 0 Å². The topological polar surface area (TPSA) is 12.0 Å². The smallest absolute Gasteiger partial charge is 0.0515 e. The van der Waals surface area contributed by atoms with Gasteiger partial charge in [0, 0.05) is 26.1 Å². The molecule has 0 radical (unpaired) electrons. The molecule has 0 unspecified atom stereocenters. The van der Waals surface area contributed by atoms with E-state index >= 15 is 0 Å². The van der Waals surface area contributed by atoms with Crippen LogP contribution in [0.15, 0.2) is 92.4 Å². The fourth-order valence-electron chi connectivity index (χ4n) is 2.91. The van der Waals surface area contributed by atoms with E-state index in [1.807, 2.05) is 23.5 Å². The van der Waals surface area contributed by atoms with Crippen LogP contribution in [0.2, 0.25) is 0 Å². The molecule has 1 aliphatic rings. The fourth-order valence-corrected chi connectivity index (χ4v) is 4.97. The molecular weight excluding hydrogens is 330 g/mol. The molecule has 0 saturated heterocycles. The van der Waals surface area contributed by atoms with Crippen LogP contribution in [0.5, 0.6) is 0 Å². The summed E-state index contributed by atoms with van der Waals surface area (Å²) in [7, 11) is 0. The summed E-state index contributed by atoms with van der Waals surface area (Å²) in [6.07, 6.45) is 2.37. The average Bonchev–Trinajstić information content (AvgIpc) is 2.63. The summed E-state index contributed by atoms with van der Waals surface area (Å²) < 4.78 is 0. The number of benzene rings is 3. The predicted molar refractivity (Wildman–Crippen MR) is 104 cm³/mol. The molecule has 0 aromatic heterocycles. The van der Waals surface area contributed by atoms with Crippen molar-refractivity contribution in [2.45, 2.75) is 32.4 Å². The minimum atomic E-state index is 1.07. The van der Waals surface area contributed by atoms with Gasteiger partial charge in [-0.3, -0.25) is 0 Å². The molecule has 0 spiro atoms. The number of anilines is 1. The molecule has 0 saturated carbocycles. The number of fused-ring (bicyclic) bond motifs is 1. The third-order valence-electron chi connectivity index (χ3n) is 4.03. The summed E-state index contributed by atoms with van der Waals surface area (Å²) in [5.74, 6) is 0. The van der Waals surface area contributed by atoms with Gasteiger partial charge in [-0.2, -0.15) is 0 Å². The first-order valence-electron chi connectivity index (χ1n) is 8.25. The Morgan fingerprint density at radius 3 is 2.08 bits per heavy atom. The Morgan fingerprint density at radius 1 is 0.708 bits per heavy atom. The predicted octanol–water partition coefficient (Wildman–Crippen LogP) is 6.35. The van der Waals surface area contributed by atoms with Crippen molar-refractivity contribution in [2.75, 3.05) is 11.9 Å². The van der Waals surface area contributed by atoms with E-state index in [4.69, 9.17) is 0 Å². The van der Waals surface area contributed by atoms with Gasteiger partial charge in [-0.15, -0.1) is 0 Å². The van der Waals surface area contributed by atoms with Crippen molar-refractivity contribution in [2.24, 2.45) is 0 Å². The number of rotatable bonds is 4. The van der Waals surface area contributed by atoms with Gasteiger partial charge in [-0.25, -0.2) is 0 Å². The third-order valence-corrected chi connectivity index (χ3v) is 6.06. The summed E-state index contributed by atoms with van der Waals surface area (Å²) in [6, 6.07) is 25.9. The van der Waals surface area contributed by atoms with Crippen molar-refractivity contribution >= 4 is 29.2 Å². The molecule has 3 heteroatoms. The van der Waals surface area contributed by atoms with Crippen LogP contribution in [0.3, 0.4) is 0 Å². The largest absolute Gasteiger partial charge is 0.384 e. The Kier molecular flexibility index (Phi) is 4.81. The van der Waals surface area contributed by atoms with Crippen molar-refractivity contribution in [1.29, 1.82) is 0 Å². The SMILES string of the molecule is c1ccc(Sc2cc3c(c(Sc4ccccc4)c2)NCCC3)cc1. The van der Waals surface area contributed by atoms with Gasteiger partial charge in [-0.1, -0.05) is 59.9 Å². The zero-order valence-corrected chi connectivity index (χ0v) is 15.0. The molecule has 4 rings (SSSR count). The number of aryl methyl sites for hydroxylation is 1. The summed E-state index contributed by atoms with van der Waals surface area (Å²) in [4.78, 5) is 5.23. The van der Waals surface area contributed by atoms with Crippen LogP contribution in [0.25, 0.3) is 0 Å². The van der Waals surface area contributed by atoms with Gasteiger partial charge < -0.3 is 5.32 Å². The maximum atomic E-state index is 3.61. The lowest BCUT2D eigenvalue weighted by atomic mass is 10.0. The van der Waals surface area contributed by atoms with E-state index in [0.29, 0.717) is 0 Å². The molecule has 3 aromatic carbocycles. The van der Waals surface area contributed by atoms with E-state index in [1.165, 1.54) is 37.3 Å². The summed E-state index contributed by atoms with van der Waals surface area (Å²) in [6.45, 7) is 1.07. The Balaban J connectivity index is 1.69. The molecule has 1 N–H and O–H groups in total.